The van der Waals surface area contributed by atoms with E-state index in [1.165, 1.54) is 11.3 Å². The molecule has 0 spiro atoms. The molecule has 4 nitrogen and oxygen atoms in total. The minimum atomic E-state index is -0.162. The molecule has 2 aromatic rings. The predicted octanol–water partition coefficient (Wildman–Crippen LogP) is 3.98. The van der Waals surface area contributed by atoms with Gasteiger partial charge in [-0.2, -0.15) is 0 Å². The molecular weight excluding hydrogens is 343 g/mol. The lowest BCUT2D eigenvalue weighted by molar-refractivity contribution is 0.0755. The highest BCUT2D eigenvalue weighted by Gasteiger charge is 2.23. The molecule has 1 aliphatic heterocycles. The van der Waals surface area contributed by atoms with Crippen LogP contribution in [0.5, 0.6) is 0 Å². The summed E-state index contributed by atoms with van der Waals surface area (Å²) >= 11 is 12.9. The van der Waals surface area contributed by atoms with E-state index in [1.807, 2.05) is 24.3 Å². The number of carbonyl (C=O) groups is 1. The van der Waals surface area contributed by atoms with Crippen molar-refractivity contribution in [3.05, 3.63) is 56.2 Å². The lowest BCUT2D eigenvalue weighted by Gasteiger charge is -2.09. The summed E-state index contributed by atoms with van der Waals surface area (Å²) in [7, 11) is 0. The van der Waals surface area contributed by atoms with Crippen LogP contribution in [0.2, 0.25) is 9.36 Å². The normalized spacial score (nSPS) is 17.0. The standard InChI is InChI=1S/C15H12Cl2N2O2S/c16-10-3-1-9(2-4-10)12-7-11(21-19-12)8-18-15(20)13-5-6-14(17)22-13/h1-6,11H,7-8H2,(H,18,20). The van der Waals surface area contributed by atoms with E-state index in [0.29, 0.717) is 27.2 Å². The topological polar surface area (TPSA) is 50.7 Å². The quantitative estimate of drug-likeness (QED) is 0.902. The molecule has 1 N–H and O–H groups in total. The van der Waals surface area contributed by atoms with Gasteiger partial charge in [0, 0.05) is 11.4 Å². The molecule has 1 aromatic heterocycles. The van der Waals surface area contributed by atoms with Gasteiger partial charge in [0.1, 0.15) is 6.10 Å². The minimum Gasteiger partial charge on any atom is -0.390 e. The van der Waals surface area contributed by atoms with Crippen LogP contribution < -0.4 is 5.32 Å². The van der Waals surface area contributed by atoms with Crippen LogP contribution in [0.4, 0.5) is 0 Å². The number of rotatable bonds is 4. The number of thiophene rings is 1. The number of nitrogens with zero attached hydrogens (tertiary/aromatic N) is 1. The molecule has 1 amide bonds. The second-order valence-electron chi connectivity index (χ2n) is 4.79. The van der Waals surface area contributed by atoms with E-state index in [4.69, 9.17) is 28.0 Å². The van der Waals surface area contributed by atoms with Crippen LogP contribution >= 0.6 is 34.5 Å². The smallest absolute Gasteiger partial charge is 0.261 e. The van der Waals surface area contributed by atoms with Crippen molar-refractivity contribution in [2.75, 3.05) is 6.54 Å². The first kappa shape index (κ1) is 15.3. The maximum atomic E-state index is 11.9. The molecule has 0 radical (unpaired) electrons. The van der Waals surface area contributed by atoms with Crippen LogP contribution in [-0.4, -0.2) is 24.3 Å². The highest BCUT2D eigenvalue weighted by Crippen LogP contribution is 2.22. The number of nitrogens with one attached hydrogen (secondary N) is 1. The van der Waals surface area contributed by atoms with Crippen molar-refractivity contribution < 1.29 is 9.63 Å². The Balaban J connectivity index is 1.52. The Morgan fingerprint density at radius 2 is 2.05 bits per heavy atom. The average molecular weight is 355 g/mol. The van der Waals surface area contributed by atoms with Crippen LogP contribution in [-0.2, 0) is 4.84 Å². The number of amides is 1. The zero-order chi connectivity index (χ0) is 15.5. The molecule has 0 aliphatic carbocycles. The fourth-order valence-corrected chi connectivity index (χ4v) is 3.17. The number of benzene rings is 1. The van der Waals surface area contributed by atoms with Crippen molar-refractivity contribution in [3.8, 4) is 0 Å². The van der Waals surface area contributed by atoms with Gasteiger partial charge in [0.25, 0.3) is 5.91 Å². The Labute approximate surface area is 141 Å². The Kier molecular flexibility index (Phi) is 4.66. The first-order valence-corrected chi connectivity index (χ1v) is 8.21. The Morgan fingerprint density at radius 3 is 2.73 bits per heavy atom. The number of oxime groups is 1. The van der Waals surface area contributed by atoms with E-state index in [2.05, 4.69) is 10.5 Å². The van der Waals surface area contributed by atoms with Gasteiger partial charge in [0.2, 0.25) is 0 Å². The monoisotopic (exact) mass is 354 g/mol. The molecule has 2 heterocycles. The van der Waals surface area contributed by atoms with Crippen LogP contribution in [0.1, 0.15) is 21.7 Å². The first-order valence-electron chi connectivity index (χ1n) is 6.64. The van der Waals surface area contributed by atoms with Crippen molar-refractivity contribution in [1.82, 2.24) is 5.32 Å². The highest BCUT2D eigenvalue weighted by atomic mass is 35.5. The highest BCUT2D eigenvalue weighted by molar-refractivity contribution is 7.17. The van der Waals surface area contributed by atoms with E-state index >= 15 is 0 Å². The van der Waals surface area contributed by atoms with Gasteiger partial charge >= 0.3 is 0 Å². The fraction of sp³-hybridized carbons (Fsp3) is 0.200. The van der Waals surface area contributed by atoms with Gasteiger partial charge in [-0.1, -0.05) is 40.5 Å². The van der Waals surface area contributed by atoms with Crippen molar-refractivity contribution in [2.45, 2.75) is 12.5 Å². The van der Waals surface area contributed by atoms with Crippen LogP contribution in [0.25, 0.3) is 0 Å². The molecule has 1 aromatic carbocycles. The van der Waals surface area contributed by atoms with Gasteiger partial charge in [-0.3, -0.25) is 4.79 Å². The zero-order valence-electron chi connectivity index (χ0n) is 11.4. The van der Waals surface area contributed by atoms with E-state index in [-0.39, 0.29) is 12.0 Å². The minimum absolute atomic E-state index is 0.152. The summed E-state index contributed by atoms with van der Waals surface area (Å²) in [5, 5.41) is 7.59. The molecule has 1 aliphatic rings. The number of carbonyl (C=O) groups excluding carboxylic acids is 1. The number of halogens is 2. The predicted molar refractivity (Wildman–Crippen MR) is 89.1 cm³/mol. The summed E-state index contributed by atoms with van der Waals surface area (Å²) in [6, 6.07) is 10.8. The molecule has 7 heteroatoms. The van der Waals surface area contributed by atoms with Gasteiger partial charge in [-0.25, -0.2) is 0 Å². The summed E-state index contributed by atoms with van der Waals surface area (Å²) in [5.41, 5.74) is 1.83. The van der Waals surface area contributed by atoms with Gasteiger partial charge < -0.3 is 10.2 Å². The van der Waals surface area contributed by atoms with Crippen molar-refractivity contribution in [2.24, 2.45) is 5.16 Å². The number of hydrogen-bond donors (Lipinski definition) is 1. The number of hydrogen-bond acceptors (Lipinski definition) is 4. The van der Waals surface area contributed by atoms with E-state index in [9.17, 15) is 4.79 Å². The molecule has 1 atom stereocenters. The Morgan fingerprint density at radius 1 is 1.27 bits per heavy atom. The van der Waals surface area contributed by atoms with E-state index in [0.717, 1.165) is 11.3 Å². The SMILES string of the molecule is O=C(NCC1CC(c2ccc(Cl)cc2)=NO1)c1ccc(Cl)s1. The van der Waals surface area contributed by atoms with Gasteiger partial charge in [0.15, 0.2) is 0 Å². The summed E-state index contributed by atoms with van der Waals surface area (Å²) in [6.45, 7) is 0.398. The van der Waals surface area contributed by atoms with E-state index in [1.54, 1.807) is 12.1 Å². The lowest BCUT2D eigenvalue weighted by Crippen LogP contribution is -2.31. The van der Waals surface area contributed by atoms with Gasteiger partial charge in [-0.05, 0) is 29.8 Å². The molecular formula is C15H12Cl2N2O2S. The second kappa shape index (κ2) is 6.69. The van der Waals surface area contributed by atoms with E-state index < -0.39 is 0 Å². The Bertz CT molecular complexity index is 713. The average Bonchev–Trinajstić information content (AvgIpc) is 3.15. The third-order valence-corrected chi connectivity index (χ3v) is 4.68. The third-order valence-electron chi connectivity index (χ3n) is 3.20. The molecule has 0 bridgehead atoms. The Hall–Kier alpha value is -1.56. The van der Waals surface area contributed by atoms with Gasteiger partial charge in [0.05, 0.1) is 21.5 Å². The van der Waals surface area contributed by atoms with Gasteiger partial charge in [-0.15, -0.1) is 11.3 Å². The van der Waals surface area contributed by atoms with Crippen LogP contribution in [0.3, 0.4) is 0 Å². The zero-order valence-corrected chi connectivity index (χ0v) is 13.7. The van der Waals surface area contributed by atoms with Crippen molar-refractivity contribution in [3.63, 3.8) is 0 Å². The first-order chi connectivity index (χ1) is 10.6. The molecule has 22 heavy (non-hydrogen) atoms. The molecule has 114 valence electrons. The van der Waals surface area contributed by atoms with Crippen LogP contribution in [0.15, 0.2) is 41.6 Å². The van der Waals surface area contributed by atoms with Crippen LogP contribution in [0, 0.1) is 0 Å². The molecule has 0 saturated heterocycles. The third kappa shape index (κ3) is 3.61. The summed E-state index contributed by atoms with van der Waals surface area (Å²) in [4.78, 5) is 17.9. The summed E-state index contributed by atoms with van der Waals surface area (Å²) < 4.78 is 0.593. The summed E-state index contributed by atoms with van der Waals surface area (Å²) in [6.07, 6.45) is 0.484. The van der Waals surface area contributed by atoms with Crippen molar-refractivity contribution >= 4 is 46.2 Å². The maximum absolute atomic E-state index is 11.9. The largest absolute Gasteiger partial charge is 0.390 e. The van der Waals surface area contributed by atoms with Crippen molar-refractivity contribution in [1.29, 1.82) is 0 Å². The maximum Gasteiger partial charge on any atom is 0.261 e. The molecule has 0 saturated carbocycles. The molecule has 1 unspecified atom stereocenters. The summed E-state index contributed by atoms with van der Waals surface area (Å²) in [5.74, 6) is -0.152. The molecule has 3 rings (SSSR count). The molecule has 0 fully saturated rings. The lowest BCUT2D eigenvalue weighted by atomic mass is 10.1. The fourth-order valence-electron chi connectivity index (χ4n) is 2.08. The second-order valence-corrected chi connectivity index (χ2v) is 6.94.